The Labute approximate surface area is 440 Å². The molecule has 0 bridgehead atoms. The van der Waals surface area contributed by atoms with Gasteiger partial charge in [-0.1, -0.05) is 56.3 Å². The predicted octanol–water partition coefficient (Wildman–Crippen LogP) is 5.95. The summed E-state index contributed by atoms with van der Waals surface area (Å²) in [4.78, 5) is 65.4. The topological polar surface area (TPSA) is 229 Å². The van der Waals surface area contributed by atoms with Gasteiger partial charge in [-0.25, -0.2) is 9.59 Å². The van der Waals surface area contributed by atoms with Crippen LogP contribution in [0.3, 0.4) is 0 Å². The molecule has 3 atom stereocenters. The Kier molecular flexibility index (Phi) is 28.6. The summed E-state index contributed by atoms with van der Waals surface area (Å²) in [5.41, 5.74) is 2.53. The van der Waals surface area contributed by atoms with Crippen LogP contribution >= 0.6 is 11.6 Å². The monoisotopic (exact) mass is 1060 g/mol. The molecule has 3 aromatic carbocycles. The Balaban J connectivity index is 0.936. The molecule has 5 amide bonds. The molecular formula is C53H78ClN5O15. The number of carbonyl (C=O) groups excluding carboxylic acids is 5. The second kappa shape index (κ2) is 34.4. The standard InChI is InChI=1S/C53H78ClN5O15/c1-38(2)48(50(62)56-39(3)49(61)57-43-14-11-40(12-15-43)37-73-52(64)59-36-42(35-54)47-44-10-8-7-9-41(44)13-16-45(47)59)58-46(60)17-19-65-21-23-67-25-27-69-29-31-71-33-34-72-32-30-70-28-26-68-24-22-66-20-18-55-51(63)74-53(4,5)6/h7-16,38-39,42,48H,17-37H2,1-6H3,(H,55,63)(H,56,62)(H,57,61)(H,58,60)/t39-,42+,48-/m0/s1. The van der Waals surface area contributed by atoms with Gasteiger partial charge in [0.2, 0.25) is 17.7 Å². The molecule has 21 heteroatoms. The van der Waals surface area contributed by atoms with E-state index in [9.17, 15) is 24.0 Å². The summed E-state index contributed by atoms with van der Waals surface area (Å²) in [7, 11) is 0. The molecule has 0 aromatic heterocycles. The fourth-order valence-electron chi connectivity index (χ4n) is 7.31. The van der Waals surface area contributed by atoms with E-state index in [4.69, 9.17) is 59.0 Å². The van der Waals surface area contributed by atoms with Gasteiger partial charge in [0.25, 0.3) is 0 Å². The number of alkyl halides is 1. The Hall–Kier alpha value is -5.16. The van der Waals surface area contributed by atoms with Crippen molar-refractivity contribution in [3.63, 3.8) is 0 Å². The molecule has 0 radical (unpaired) electrons. The number of benzene rings is 3. The van der Waals surface area contributed by atoms with Crippen molar-refractivity contribution in [3.8, 4) is 0 Å². The summed E-state index contributed by atoms with van der Waals surface area (Å²) in [6.45, 7) is 17.6. The van der Waals surface area contributed by atoms with E-state index in [1.54, 1.807) is 70.7 Å². The van der Waals surface area contributed by atoms with Crippen molar-refractivity contribution >= 4 is 63.7 Å². The number of fused-ring (bicyclic) bond motifs is 3. The molecular weight excluding hydrogens is 982 g/mol. The highest BCUT2D eigenvalue weighted by Crippen LogP contribution is 2.42. The van der Waals surface area contributed by atoms with Crippen LogP contribution in [0.25, 0.3) is 10.8 Å². The van der Waals surface area contributed by atoms with Gasteiger partial charge in [0, 0.05) is 37.0 Å². The fourth-order valence-corrected chi connectivity index (χ4v) is 7.56. The lowest BCUT2D eigenvalue weighted by molar-refractivity contribution is -0.132. The fraction of sp³-hybridized carbons (Fsp3) is 0.604. The zero-order valence-electron chi connectivity index (χ0n) is 43.9. The van der Waals surface area contributed by atoms with Crippen molar-refractivity contribution in [3.05, 3.63) is 71.8 Å². The van der Waals surface area contributed by atoms with Gasteiger partial charge >= 0.3 is 12.2 Å². The number of amides is 5. The van der Waals surface area contributed by atoms with Crippen LogP contribution in [-0.2, 0) is 68.4 Å². The van der Waals surface area contributed by atoms with Crippen LogP contribution in [0.1, 0.15) is 65.0 Å². The van der Waals surface area contributed by atoms with Gasteiger partial charge < -0.3 is 68.6 Å². The number of nitrogens with one attached hydrogen (secondary N) is 4. The first-order valence-electron chi connectivity index (χ1n) is 25.3. The van der Waals surface area contributed by atoms with Crippen molar-refractivity contribution < 1.29 is 71.3 Å². The molecule has 1 aliphatic heterocycles. The van der Waals surface area contributed by atoms with Gasteiger partial charge in [-0.2, -0.15) is 0 Å². The number of hydrogen-bond donors (Lipinski definition) is 4. The van der Waals surface area contributed by atoms with Gasteiger partial charge in [-0.15, -0.1) is 11.6 Å². The molecule has 1 heterocycles. The molecule has 0 aliphatic carbocycles. The quantitative estimate of drug-likeness (QED) is 0.0390. The van der Waals surface area contributed by atoms with Gasteiger partial charge in [0.15, 0.2) is 0 Å². The van der Waals surface area contributed by atoms with Crippen molar-refractivity contribution in [2.45, 2.75) is 78.2 Å². The van der Waals surface area contributed by atoms with Crippen LogP contribution in [0.15, 0.2) is 60.7 Å². The second-order valence-electron chi connectivity index (χ2n) is 18.5. The molecule has 20 nitrogen and oxygen atoms in total. The number of alkyl carbamates (subject to hydrolysis) is 1. The molecule has 4 rings (SSSR count). The van der Waals surface area contributed by atoms with E-state index in [0.717, 1.165) is 27.6 Å². The number of carbonyl (C=O) groups is 5. The molecule has 412 valence electrons. The highest BCUT2D eigenvalue weighted by molar-refractivity contribution is 6.19. The highest BCUT2D eigenvalue weighted by Gasteiger charge is 2.34. The number of rotatable bonds is 36. The number of ether oxygens (including phenoxy) is 10. The number of halogens is 1. The van der Waals surface area contributed by atoms with Crippen LogP contribution in [0.5, 0.6) is 0 Å². The smallest absolute Gasteiger partial charge is 0.414 e. The maximum atomic E-state index is 13.2. The Morgan fingerprint density at radius 2 is 1.18 bits per heavy atom. The summed E-state index contributed by atoms with van der Waals surface area (Å²) in [6, 6.07) is 17.1. The van der Waals surface area contributed by atoms with Crippen molar-refractivity contribution in [1.29, 1.82) is 0 Å². The third-order valence-electron chi connectivity index (χ3n) is 11.0. The lowest BCUT2D eigenvalue weighted by Crippen LogP contribution is -2.53. The average molecular weight is 1060 g/mol. The van der Waals surface area contributed by atoms with Gasteiger partial charge in [-0.05, 0) is 73.7 Å². The highest BCUT2D eigenvalue weighted by atomic mass is 35.5. The Morgan fingerprint density at radius 3 is 1.70 bits per heavy atom. The first kappa shape index (κ1) is 61.4. The van der Waals surface area contributed by atoms with Crippen LogP contribution in [0, 0.1) is 5.92 Å². The zero-order chi connectivity index (χ0) is 53.6. The van der Waals surface area contributed by atoms with Gasteiger partial charge in [0.05, 0.1) is 111 Å². The number of nitrogens with zero attached hydrogens (tertiary/aromatic N) is 1. The molecule has 0 saturated heterocycles. The van der Waals surface area contributed by atoms with E-state index in [1.165, 1.54) is 0 Å². The van der Waals surface area contributed by atoms with Crippen molar-refractivity contribution in [2.75, 3.05) is 135 Å². The van der Waals surface area contributed by atoms with Gasteiger partial charge in [-0.3, -0.25) is 19.3 Å². The molecule has 74 heavy (non-hydrogen) atoms. The Morgan fingerprint density at radius 1 is 0.649 bits per heavy atom. The molecule has 0 unspecified atom stereocenters. The third-order valence-corrected chi connectivity index (χ3v) is 11.4. The summed E-state index contributed by atoms with van der Waals surface area (Å²) in [6.07, 6.45) is -0.901. The predicted molar refractivity (Wildman–Crippen MR) is 280 cm³/mol. The summed E-state index contributed by atoms with van der Waals surface area (Å²) < 4.78 is 54.7. The second-order valence-corrected chi connectivity index (χ2v) is 18.8. The first-order chi connectivity index (χ1) is 35.7. The van der Waals surface area contributed by atoms with E-state index < -0.39 is 41.7 Å². The number of hydrogen-bond acceptors (Lipinski definition) is 15. The van der Waals surface area contributed by atoms with E-state index >= 15 is 0 Å². The summed E-state index contributed by atoms with van der Waals surface area (Å²) in [5.74, 6) is -1.19. The van der Waals surface area contributed by atoms with Crippen molar-refractivity contribution in [2.24, 2.45) is 5.92 Å². The average Bonchev–Trinajstić information content (AvgIpc) is 3.76. The van der Waals surface area contributed by atoms with E-state index in [-0.39, 0.29) is 44.0 Å². The van der Waals surface area contributed by atoms with Crippen LogP contribution in [0.4, 0.5) is 21.0 Å². The van der Waals surface area contributed by atoms with Crippen LogP contribution in [-0.4, -0.2) is 172 Å². The van der Waals surface area contributed by atoms with Crippen LogP contribution in [0.2, 0.25) is 0 Å². The lowest BCUT2D eigenvalue weighted by atomic mass is 9.96. The minimum atomic E-state index is -0.906. The zero-order valence-corrected chi connectivity index (χ0v) is 44.6. The van der Waals surface area contributed by atoms with Gasteiger partial charge in [0.1, 0.15) is 24.3 Å². The normalized spacial score (nSPS) is 14.1. The Bertz CT molecular complexity index is 2140. The molecule has 4 N–H and O–H groups in total. The molecule has 0 spiro atoms. The maximum Gasteiger partial charge on any atom is 0.414 e. The molecule has 3 aromatic rings. The minimum Gasteiger partial charge on any atom is -0.444 e. The third kappa shape index (κ3) is 23.6. The summed E-state index contributed by atoms with van der Waals surface area (Å²) >= 11 is 6.33. The van der Waals surface area contributed by atoms with Crippen LogP contribution < -0.4 is 26.2 Å². The van der Waals surface area contributed by atoms with E-state index in [1.807, 2.05) is 36.4 Å². The minimum absolute atomic E-state index is 0.0115. The molecule has 0 saturated carbocycles. The van der Waals surface area contributed by atoms with E-state index in [0.29, 0.717) is 117 Å². The lowest BCUT2D eigenvalue weighted by Gasteiger charge is -2.24. The van der Waals surface area contributed by atoms with E-state index in [2.05, 4.69) is 21.3 Å². The first-order valence-corrected chi connectivity index (χ1v) is 25.8. The van der Waals surface area contributed by atoms with Crippen molar-refractivity contribution in [1.82, 2.24) is 16.0 Å². The molecule has 1 aliphatic rings. The molecule has 0 fully saturated rings. The SMILES string of the molecule is CC(C)[C@H](NC(=O)CCOCCOCCOCCOCCOCCOCCOCCOCCNC(=O)OC(C)(C)C)C(=O)N[C@@H](C)C(=O)Nc1ccc(COC(=O)N2C[C@@H](CCl)c3c2ccc2ccccc32)cc1. The summed E-state index contributed by atoms with van der Waals surface area (Å²) in [5, 5.41) is 13.0. The maximum absolute atomic E-state index is 13.2. The number of anilines is 2. The largest absolute Gasteiger partial charge is 0.444 e.